The highest BCUT2D eigenvalue weighted by atomic mass is 35.5. The number of hydrogen-bond acceptors (Lipinski definition) is 1. The zero-order chi connectivity index (χ0) is 10.7. The predicted octanol–water partition coefficient (Wildman–Crippen LogP) is 2.58. The Morgan fingerprint density at radius 1 is 1.57 bits per heavy atom. The Hall–Kier alpha value is -0.800. The van der Waals surface area contributed by atoms with E-state index in [0.717, 1.165) is 10.6 Å². The minimum absolute atomic E-state index is 0.145. The van der Waals surface area contributed by atoms with E-state index >= 15 is 0 Å². The number of benzene rings is 1. The molecule has 0 saturated heterocycles. The van der Waals surface area contributed by atoms with Gasteiger partial charge in [-0.15, -0.1) is 0 Å². The lowest BCUT2D eigenvalue weighted by Gasteiger charge is -2.25. The van der Waals surface area contributed by atoms with Crippen LogP contribution in [0.5, 0.6) is 0 Å². The van der Waals surface area contributed by atoms with Crippen molar-refractivity contribution in [1.82, 2.24) is 4.90 Å². The first kappa shape index (κ1) is 11.3. The molecule has 0 spiro atoms. The third-order valence-corrected chi connectivity index (χ3v) is 2.78. The fourth-order valence-electron chi connectivity index (χ4n) is 1.18. The number of rotatable bonds is 2. The van der Waals surface area contributed by atoms with Gasteiger partial charge in [0.2, 0.25) is 0 Å². The van der Waals surface area contributed by atoms with E-state index in [1.54, 1.807) is 0 Å². The zero-order valence-corrected chi connectivity index (χ0v) is 9.77. The summed E-state index contributed by atoms with van der Waals surface area (Å²) in [5.74, 6) is 0. The molecule has 0 aromatic heterocycles. The van der Waals surface area contributed by atoms with Crippen LogP contribution in [0.25, 0.3) is 0 Å². The first-order valence-electron chi connectivity index (χ1n) is 4.30. The lowest BCUT2D eigenvalue weighted by atomic mass is 10.1. The molecule has 0 saturated carbocycles. The van der Waals surface area contributed by atoms with Crippen LogP contribution in [0.4, 0.5) is 0 Å². The zero-order valence-electron chi connectivity index (χ0n) is 8.20. The van der Waals surface area contributed by atoms with Gasteiger partial charge in [0.05, 0.1) is 6.04 Å². The first-order chi connectivity index (χ1) is 6.52. The molecule has 1 rings (SSSR count). The maximum Gasteiger partial charge on any atom is 0.166 e. The molecule has 1 aromatic carbocycles. The van der Waals surface area contributed by atoms with Crippen molar-refractivity contribution in [2.75, 3.05) is 7.05 Å². The van der Waals surface area contributed by atoms with Crippen molar-refractivity contribution in [3.8, 4) is 0 Å². The van der Waals surface area contributed by atoms with Gasteiger partial charge in [-0.3, -0.25) is 0 Å². The maximum absolute atomic E-state index is 5.89. The van der Waals surface area contributed by atoms with Gasteiger partial charge in [0.25, 0.3) is 0 Å². The summed E-state index contributed by atoms with van der Waals surface area (Å²) >= 11 is 10.8. The summed E-state index contributed by atoms with van der Waals surface area (Å²) in [5, 5.41) is 1.11. The van der Waals surface area contributed by atoms with Crippen LogP contribution in [0.2, 0.25) is 5.02 Å². The maximum atomic E-state index is 5.89. The highest BCUT2D eigenvalue weighted by Crippen LogP contribution is 2.21. The van der Waals surface area contributed by atoms with Crippen molar-refractivity contribution in [2.45, 2.75) is 13.0 Å². The summed E-state index contributed by atoms with van der Waals surface area (Å²) in [7, 11) is 1.87. The molecule has 0 aliphatic heterocycles. The van der Waals surface area contributed by atoms with Crippen LogP contribution in [-0.2, 0) is 0 Å². The Morgan fingerprint density at radius 3 is 2.71 bits per heavy atom. The topological polar surface area (TPSA) is 29.3 Å². The number of hydrogen-bond donors (Lipinski definition) is 1. The van der Waals surface area contributed by atoms with Gasteiger partial charge in [-0.25, -0.2) is 0 Å². The summed E-state index contributed by atoms with van der Waals surface area (Å²) < 4.78 is 0. The van der Waals surface area contributed by atoms with Gasteiger partial charge < -0.3 is 10.6 Å². The summed E-state index contributed by atoms with van der Waals surface area (Å²) in [6.45, 7) is 2.03. The largest absolute Gasteiger partial charge is 0.376 e. The van der Waals surface area contributed by atoms with E-state index in [4.69, 9.17) is 29.6 Å². The monoisotopic (exact) mass is 228 g/mol. The second-order valence-electron chi connectivity index (χ2n) is 3.18. The van der Waals surface area contributed by atoms with Gasteiger partial charge in [-0.1, -0.05) is 23.7 Å². The quantitative estimate of drug-likeness (QED) is 0.789. The number of halogens is 1. The van der Waals surface area contributed by atoms with Crippen LogP contribution >= 0.6 is 23.8 Å². The Labute approximate surface area is 94.7 Å². The summed E-state index contributed by atoms with van der Waals surface area (Å²) in [6, 6.07) is 7.83. The molecule has 2 N–H and O–H groups in total. The van der Waals surface area contributed by atoms with Crippen molar-refractivity contribution in [3.05, 3.63) is 34.9 Å². The van der Waals surface area contributed by atoms with Crippen molar-refractivity contribution in [3.63, 3.8) is 0 Å². The molecule has 0 heterocycles. The standard InChI is InChI=1S/C10H13ClN2S/c1-7(13(2)10(12)14)8-4-3-5-9(11)6-8/h3-7H,1-2H3,(H2,12,14). The lowest BCUT2D eigenvalue weighted by molar-refractivity contribution is 0.405. The van der Waals surface area contributed by atoms with E-state index in [1.807, 2.05) is 43.1 Å². The van der Waals surface area contributed by atoms with Crippen molar-refractivity contribution in [1.29, 1.82) is 0 Å². The van der Waals surface area contributed by atoms with E-state index in [9.17, 15) is 0 Å². The van der Waals surface area contributed by atoms with Gasteiger partial charge >= 0.3 is 0 Å². The lowest BCUT2D eigenvalue weighted by Crippen LogP contribution is -2.33. The molecule has 2 nitrogen and oxygen atoms in total. The average Bonchev–Trinajstić information content (AvgIpc) is 2.15. The van der Waals surface area contributed by atoms with Crippen molar-refractivity contribution < 1.29 is 0 Å². The molecule has 0 aliphatic rings. The second kappa shape index (κ2) is 4.62. The molecular weight excluding hydrogens is 216 g/mol. The van der Waals surface area contributed by atoms with Crippen molar-refractivity contribution >= 4 is 28.9 Å². The molecule has 0 aliphatic carbocycles. The Bertz CT molecular complexity index is 341. The molecule has 0 bridgehead atoms. The van der Waals surface area contributed by atoms with Gasteiger partial charge in [0.1, 0.15) is 0 Å². The van der Waals surface area contributed by atoms with E-state index in [0.29, 0.717) is 5.11 Å². The molecule has 4 heteroatoms. The highest BCUT2D eigenvalue weighted by Gasteiger charge is 2.12. The molecule has 0 amide bonds. The second-order valence-corrected chi connectivity index (χ2v) is 4.03. The van der Waals surface area contributed by atoms with E-state index < -0.39 is 0 Å². The summed E-state index contributed by atoms with van der Waals surface area (Å²) in [4.78, 5) is 1.83. The van der Waals surface area contributed by atoms with E-state index in [-0.39, 0.29) is 6.04 Å². The Morgan fingerprint density at radius 2 is 2.21 bits per heavy atom. The third kappa shape index (κ3) is 2.59. The minimum atomic E-state index is 0.145. The molecule has 0 fully saturated rings. The highest BCUT2D eigenvalue weighted by molar-refractivity contribution is 7.80. The molecule has 1 unspecified atom stereocenters. The third-order valence-electron chi connectivity index (χ3n) is 2.26. The van der Waals surface area contributed by atoms with Gasteiger partial charge in [0, 0.05) is 12.1 Å². The van der Waals surface area contributed by atoms with Crippen LogP contribution in [0, 0.1) is 0 Å². The summed E-state index contributed by atoms with van der Waals surface area (Å²) in [6.07, 6.45) is 0. The smallest absolute Gasteiger partial charge is 0.166 e. The van der Waals surface area contributed by atoms with E-state index in [1.165, 1.54) is 0 Å². The number of nitrogens with two attached hydrogens (primary N) is 1. The molecule has 14 heavy (non-hydrogen) atoms. The van der Waals surface area contributed by atoms with Gasteiger partial charge in [-0.05, 0) is 36.8 Å². The van der Waals surface area contributed by atoms with Crippen LogP contribution in [0.15, 0.2) is 24.3 Å². The van der Waals surface area contributed by atoms with Crippen LogP contribution in [-0.4, -0.2) is 17.1 Å². The van der Waals surface area contributed by atoms with Crippen LogP contribution < -0.4 is 5.73 Å². The fraction of sp³-hybridized carbons (Fsp3) is 0.300. The molecule has 1 atom stereocenters. The SMILES string of the molecule is CC(c1cccc(Cl)c1)N(C)C(N)=S. The normalized spacial score (nSPS) is 12.2. The van der Waals surface area contributed by atoms with Crippen LogP contribution in [0.3, 0.4) is 0 Å². The van der Waals surface area contributed by atoms with Crippen LogP contribution in [0.1, 0.15) is 18.5 Å². The van der Waals surface area contributed by atoms with Gasteiger partial charge in [-0.2, -0.15) is 0 Å². The fourth-order valence-corrected chi connectivity index (χ4v) is 1.54. The Balaban J connectivity index is 2.89. The van der Waals surface area contributed by atoms with Crippen molar-refractivity contribution in [2.24, 2.45) is 5.73 Å². The minimum Gasteiger partial charge on any atom is -0.376 e. The molecule has 0 radical (unpaired) electrons. The predicted molar refractivity (Wildman–Crippen MR) is 64.4 cm³/mol. The molecular formula is C10H13ClN2S. The summed E-state index contributed by atoms with van der Waals surface area (Å²) in [5.41, 5.74) is 6.64. The van der Waals surface area contributed by atoms with E-state index in [2.05, 4.69) is 0 Å². The first-order valence-corrected chi connectivity index (χ1v) is 5.08. The van der Waals surface area contributed by atoms with Gasteiger partial charge in [0.15, 0.2) is 5.11 Å². The molecule has 1 aromatic rings. The number of nitrogens with zero attached hydrogens (tertiary/aromatic N) is 1. The number of thiocarbonyl (C=S) groups is 1. The Kier molecular flexibility index (Phi) is 3.72. The molecule has 76 valence electrons. The average molecular weight is 229 g/mol.